The Balaban J connectivity index is 0.000000376. The quantitative estimate of drug-likeness (QED) is 0.0466. The lowest BCUT2D eigenvalue weighted by molar-refractivity contribution is -0.121. The summed E-state index contributed by atoms with van der Waals surface area (Å²) in [5, 5.41) is 8.61. The van der Waals surface area contributed by atoms with Gasteiger partial charge in [-0.1, -0.05) is 91.8 Å². The predicted octanol–water partition coefficient (Wildman–Crippen LogP) is 11.1. The molecule has 6 rings (SSSR count). The maximum atomic E-state index is 12.1. The van der Waals surface area contributed by atoms with Crippen molar-refractivity contribution in [3.63, 3.8) is 0 Å². The minimum Gasteiger partial charge on any atom is -0.384 e. The molecule has 4 aromatic heterocycles. The highest BCUT2D eigenvalue weighted by atomic mass is 35.5. The molecule has 2 aliphatic rings. The zero-order valence-electron chi connectivity index (χ0n) is 40.0. The van der Waals surface area contributed by atoms with Gasteiger partial charge in [0.05, 0.1) is 23.8 Å². The van der Waals surface area contributed by atoms with E-state index in [1.807, 2.05) is 22.7 Å². The Morgan fingerprint density at radius 1 is 0.742 bits per heavy atom. The summed E-state index contributed by atoms with van der Waals surface area (Å²) in [6, 6.07) is 11.5. The van der Waals surface area contributed by atoms with E-state index in [2.05, 4.69) is 85.1 Å². The van der Waals surface area contributed by atoms with Crippen LogP contribution in [0.2, 0.25) is 77.1 Å². The van der Waals surface area contributed by atoms with Gasteiger partial charge >= 0.3 is 0 Å². The van der Waals surface area contributed by atoms with Gasteiger partial charge in [0, 0.05) is 107 Å². The number of alkyl halides is 1. The van der Waals surface area contributed by atoms with Gasteiger partial charge in [-0.05, 0) is 43.8 Å². The van der Waals surface area contributed by atoms with Gasteiger partial charge in [-0.15, -0.1) is 0 Å². The van der Waals surface area contributed by atoms with Gasteiger partial charge in [-0.25, -0.2) is 9.97 Å². The van der Waals surface area contributed by atoms with E-state index in [1.54, 1.807) is 23.8 Å². The third kappa shape index (κ3) is 19.8. The van der Waals surface area contributed by atoms with Gasteiger partial charge in [0.1, 0.15) is 42.7 Å². The molecule has 62 heavy (non-hydrogen) atoms. The lowest BCUT2D eigenvalue weighted by Crippen LogP contribution is -2.33. The maximum absolute atomic E-state index is 12.1. The van der Waals surface area contributed by atoms with Crippen molar-refractivity contribution < 1.29 is 25.2 Å². The summed E-state index contributed by atoms with van der Waals surface area (Å²) in [6.45, 7) is 26.7. The molecule has 17 heteroatoms. The number of nitrogens with two attached hydrogens (primary N) is 1. The summed E-state index contributed by atoms with van der Waals surface area (Å²) >= 11 is 5.32. The third-order valence-corrected chi connectivity index (χ3v) is 15.7. The second-order valence-corrected chi connectivity index (χ2v) is 36.7. The Morgan fingerprint density at radius 3 is 1.60 bits per heavy atom. The Kier molecular flexibility index (Phi) is 23.0. The first-order valence-corrected chi connectivity index (χ1v) is 33.7. The first-order chi connectivity index (χ1) is 29.2. The number of hydrogen-bond acceptors (Lipinski definition) is 11. The molecular weight excluding hydrogens is 852 g/mol. The number of anilines is 2. The summed E-state index contributed by atoms with van der Waals surface area (Å²) < 4.78 is 26.9. The molecule has 2 saturated carbocycles. The highest BCUT2D eigenvalue weighted by Gasteiger charge is 2.26. The zero-order valence-corrected chi connectivity index (χ0v) is 42.7. The lowest BCUT2D eigenvalue weighted by atomic mass is 9.86. The van der Waals surface area contributed by atoms with Crippen LogP contribution in [0.4, 0.5) is 11.6 Å². The van der Waals surface area contributed by atoms with Crippen molar-refractivity contribution in [2.24, 2.45) is 0 Å². The van der Waals surface area contributed by atoms with Crippen LogP contribution in [-0.2, 0) is 23.8 Å². The lowest BCUT2D eigenvalue weighted by Gasteiger charge is -2.28. The van der Waals surface area contributed by atoms with Gasteiger partial charge < -0.3 is 24.8 Å². The summed E-state index contributed by atoms with van der Waals surface area (Å²) in [6.07, 6.45) is 9.94. The average Bonchev–Trinajstić information content (AvgIpc) is 3.87. The van der Waals surface area contributed by atoms with E-state index in [9.17, 15) is 9.59 Å². The molecular formula is C45H81ClN8O5Si3. The molecule has 350 valence electrons. The van der Waals surface area contributed by atoms with Crippen molar-refractivity contribution in [1.82, 2.24) is 29.2 Å². The first-order valence-electron chi connectivity index (χ1n) is 22.8. The molecule has 4 aromatic rings. The van der Waals surface area contributed by atoms with Crippen LogP contribution in [-0.4, -0.2) is 104 Å². The van der Waals surface area contributed by atoms with Gasteiger partial charge in [-0.2, -0.15) is 19.2 Å². The molecule has 2 N–H and O–H groups in total. The Morgan fingerprint density at radius 2 is 1.16 bits per heavy atom. The third-order valence-electron chi connectivity index (χ3n) is 10.5. The molecule has 0 spiro atoms. The molecule has 0 amide bonds. The van der Waals surface area contributed by atoms with E-state index in [1.165, 1.54) is 6.04 Å². The van der Waals surface area contributed by atoms with Crippen molar-refractivity contribution in [2.45, 2.75) is 162 Å². The number of nitrogen functional groups attached to an aromatic ring is 1. The number of carbonyl (C=O) groups is 2. The molecule has 2 unspecified atom stereocenters. The van der Waals surface area contributed by atoms with E-state index in [4.69, 9.17) is 37.9 Å². The Bertz CT molecular complexity index is 1930. The van der Waals surface area contributed by atoms with Crippen molar-refractivity contribution in [1.29, 1.82) is 0 Å². The molecule has 0 aromatic carbocycles. The van der Waals surface area contributed by atoms with Crippen LogP contribution in [0.25, 0.3) is 11.3 Å². The highest BCUT2D eigenvalue weighted by molar-refractivity contribution is 6.76. The van der Waals surface area contributed by atoms with Crippen LogP contribution in [0.15, 0.2) is 36.7 Å². The van der Waals surface area contributed by atoms with Crippen molar-refractivity contribution >= 4 is 70.3 Å². The molecule has 0 bridgehead atoms. The fraction of sp³-hybridized carbons (Fsp3) is 0.689. The number of nitrogens with zero attached hydrogens (tertiary/aromatic N) is 7. The Hall–Kier alpha value is -3.00. The van der Waals surface area contributed by atoms with Crippen LogP contribution in [0.3, 0.4) is 0 Å². The standard InChI is InChI=1S/C24H42N4O3Si2.C12H14N4O.C6H15ClOSi.C2H6.CH4/c1-32(2,3)14-12-30-18-27(19-31-13-15-33(4,5)6)24-17-22(20-8-7-9-21(29)16-20)26-23-10-11-25-28(23)24;13-11-7-10(8-2-1-3-9(17)6-8)15-12-4-5-14-16(11)12;1-9(2,3)5-4-8-6-7;1-2;/h10-11,17,20H,7-9,12-16,18-19H2,1-6H3;4-5,7-8H,1-3,6,13H2;4-6H2,1-3H3;1-2H3;1H4/i;;;1D;. The number of carbonyl (C=O) groups excluding carboxylic acids is 2. The fourth-order valence-corrected chi connectivity index (χ4v) is 9.16. The number of rotatable bonds is 17. The van der Waals surface area contributed by atoms with Crippen LogP contribution >= 0.6 is 11.6 Å². The average molecular weight is 935 g/mol. The molecule has 2 atom stereocenters. The summed E-state index contributed by atoms with van der Waals surface area (Å²) in [5.74, 6) is 2.55. The zero-order chi connectivity index (χ0) is 45.9. The van der Waals surface area contributed by atoms with Crippen molar-refractivity contribution in [2.75, 3.05) is 50.0 Å². The normalized spacial score (nSPS) is 17.2. The highest BCUT2D eigenvalue weighted by Crippen LogP contribution is 2.33. The number of Topliss-reactive ketones (excluding diaryl/α,β-unsaturated/α-hetero) is 2. The number of aromatic nitrogens is 6. The largest absolute Gasteiger partial charge is 0.384 e. The second-order valence-electron chi connectivity index (χ2n) is 19.6. The van der Waals surface area contributed by atoms with E-state index < -0.39 is 24.2 Å². The molecule has 2 fully saturated rings. The molecule has 2 aliphatic carbocycles. The van der Waals surface area contributed by atoms with Gasteiger partial charge in [0.2, 0.25) is 0 Å². The molecule has 4 heterocycles. The monoisotopic (exact) mass is 934 g/mol. The summed E-state index contributed by atoms with van der Waals surface area (Å²) in [5.41, 5.74) is 9.36. The summed E-state index contributed by atoms with van der Waals surface area (Å²) in [7, 11) is -3.20. The van der Waals surface area contributed by atoms with Gasteiger partial charge in [0.15, 0.2) is 11.3 Å². The maximum Gasteiger partial charge on any atom is 0.157 e. The van der Waals surface area contributed by atoms with Crippen LogP contribution in [0.5, 0.6) is 0 Å². The van der Waals surface area contributed by atoms with E-state index in [0.29, 0.717) is 69.5 Å². The minimum absolute atomic E-state index is 0. The van der Waals surface area contributed by atoms with Crippen LogP contribution in [0.1, 0.15) is 97.2 Å². The van der Waals surface area contributed by atoms with E-state index >= 15 is 0 Å². The number of halogens is 1. The number of ketones is 2. The predicted molar refractivity (Wildman–Crippen MR) is 266 cm³/mol. The van der Waals surface area contributed by atoms with Crippen molar-refractivity contribution in [3.8, 4) is 0 Å². The number of fused-ring (bicyclic) bond motifs is 2. The van der Waals surface area contributed by atoms with Gasteiger partial charge in [0.25, 0.3) is 0 Å². The smallest absolute Gasteiger partial charge is 0.157 e. The Labute approximate surface area is 382 Å². The topological polar surface area (TPSA) is 151 Å². The van der Waals surface area contributed by atoms with E-state index in [0.717, 1.165) is 86.1 Å². The molecule has 0 radical (unpaired) electrons. The molecule has 0 aliphatic heterocycles. The molecule has 13 nitrogen and oxygen atoms in total. The second kappa shape index (κ2) is 26.7. The fourth-order valence-electron chi connectivity index (χ4n) is 6.78. The molecule has 0 saturated heterocycles. The SMILES string of the molecule is C.C[Si](C)(C)CCOCCl.C[Si](C)(C)CCOCN(COCC[Si](C)(C)C)c1cc(C2CCCC(=O)C2)nc2ccnn12.Nc1cc(C2CCCC(=O)C2)nc2ccnn12.[2H]CC. The first kappa shape index (κ1) is 53.3. The van der Waals surface area contributed by atoms with Gasteiger partial charge in [-0.3, -0.25) is 9.59 Å². The number of hydrogen-bond donors (Lipinski definition) is 1. The van der Waals surface area contributed by atoms with Crippen LogP contribution in [0, 0.1) is 0 Å². The minimum atomic E-state index is -1.16. The van der Waals surface area contributed by atoms with Crippen LogP contribution < -0.4 is 10.6 Å². The van der Waals surface area contributed by atoms with Crippen molar-refractivity contribution in [3.05, 3.63) is 48.0 Å². The summed E-state index contributed by atoms with van der Waals surface area (Å²) in [4.78, 5) is 35.1. The van der Waals surface area contributed by atoms with E-state index in [-0.39, 0.29) is 19.3 Å². The number of ether oxygens (including phenoxy) is 3.